The molecule has 0 aliphatic carbocycles. The van der Waals surface area contributed by atoms with E-state index in [4.69, 9.17) is 4.42 Å². The van der Waals surface area contributed by atoms with Gasteiger partial charge in [0.2, 0.25) is 5.91 Å². The molecule has 0 saturated carbocycles. The van der Waals surface area contributed by atoms with Gasteiger partial charge in [-0.2, -0.15) is 0 Å². The molecule has 2 atom stereocenters. The third kappa shape index (κ3) is 4.79. The summed E-state index contributed by atoms with van der Waals surface area (Å²) in [6, 6.07) is 0.322. The molecule has 7 heteroatoms. The van der Waals surface area contributed by atoms with Crippen LogP contribution in [0.3, 0.4) is 0 Å². The van der Waals surface area contributed by atoms with Gasteiger partial charge in [0.05, 0.1) is 19.3 Å². The van der Waals surface area contributed by atoms with Gasteiger partial charge in [0.25, 0.3) is 11.1 Å². The maximum Gasteiger partial charge on any atom is 0.277 e. The smallest absolute Gasteiger partial charge is 0.277 e. The van der Waals surface area contributed by atoms with Gasteiger partial charge in [0, 0.05) is 12.5 Å². The van der Waals surface area contributed by atoms with Gasteiger partial charge in [-0.25, -0.2) is 0 Å². The molecule has 1 aromatic rings. The highest BCUT2D eigenvalue weighted by Gasteiger charge is 2.24. The van der Waals surface area contributed by atoms with Crippen molar-refractivity contribution in [2.75, 3.05) is 14.1 Å². The van der Waals surface area contributed by atoms with Gasteiger partial charge in [0.15, 0.2) is 6.04 Å². The predicted molar refractivity (Wildman–Crippen MR) is 78.7 cm³/mol. The first-order valence-corrected chi connectivity index (χ1v) is 7.83. The van der Waals surface area contributed by atoms with E-state index in [1.165, 1.54) is 16.7 Å². The van der Waals surface area contributed by atoms with E-state index in [1.54, 1.807) is 0 Å². The monoisotopic (exact) mass is 301 g/mol. The summed E-state index contributed by atoms with van der Waals surface area (Å²) in [6.07, 6.45) is 0.929. The number of hydrogen-bond donors (Lipinski definition) is 2. The van der Waals surface area contributed by atoms with Crippen LogP contribution in [-0.4, -0.2) is 41.5 Å². The molecular weight excluding hydrogens is 276 g/mol. The molecule has 0 aliphatic rings. The Bertz CT molecular complexity index is 434. The van der Waals surface area contributed by atoms with Crippen molar-refractivity contribution in [2.45, 2.75) is 56.7 Å². The lowest BCUT2D eigenvalue weighted by atomic mass is 10.2. The Labute approximate surface area is 124 Å². The number of amides is 1. The van der Waals surface area contributed by atoms with E-state index in [2.05, 4.69) is 36.5 Å². The molecule has 6 nitrogen and oxygen atoms in total. The van der Waals surface area contributed by atoms with Crippen LogP contribution >= 0.6 is 11.8 Å². The highest BCUT2D eigenvalue weighted by atomic mass is 32.2. The van der Waals surface area contributed by atoms with Crippen molar-refractivity contribution in [3.63, 3.8) is 0 Å². The first kappa shape index (κ1) is 17.0. The number of nitrogens with zero attached hydrogens (tertiary/aromatic N) is 2. The summed E-state index contributed by atoms with van der Waals surface area (Å²) in [5, 5.41) is 11.2. The molecule has 0 unspecified atom stereocenters. The van der Waals surface area contributed by atoms with Crippen molar-refractivity contribution in [3.05, 3.63) is 5.89 Å². The Kier molecular flexibility index (Phi) is 6.48. The molecule has 1 amide bonds. The first-order chi connectivity index (χ1) is 9.35. The number of thioether (sulfide) groups is 1. The van der Waals surface area contributed by atoms with E-state index in [0.717, 1.165) is 6.42 Å². The first-order valence-electron chi connectivity index (χ1n) is 6.95. The second-order valence-corrected chi connectivity index (χ2v) is 6.66. The average molecular weight is 301 g/mol. The highest BCUT2D eigenvalue weighted by Crippen LogP contribution is 2.24. The minimum Gasteiger partial charge on any atom is -0.410 e. The molecule has 2 N–H and O–H groups in total. The van der Waals surface area contributed by atoms with Gasteiger partial charge in [0.1, 0.15) is 0 Å². The normalized spacial score (nSPS) is 14.6. The molecule has 20 heavy (non-hydrogen) atoms. The third-order valence-corrected chi connectivity index (χ3v) is 3.84. The standard InChI is InChI=1S/C13H24N4O2S/c1-7-10(17(5)6)12-15-16-13(19-12)20-9(4)11(18)14-8(2)3/h8-10H,7H2,1-6H3,(H,14,18)/p+1/t9-,10+/m0/s1. The van der Waals surface area contributed by atoms with Crippen molar-refractivity contribution in [2.24, 2.45) is 0 Å². The van der Waals surface area contributed by atoms with Gasteiger partial charge in [-0.15, -0.1) is 10.2 Å². The number of carbonyl (C=O) groups is 1. The number of quaternary nitrogens is 1. The summed E-state index contributed by atoms with van der Waals surface area (Å²) in [5.41, 5.74) is 0. The zero-order chi connectivity index (χ0) is 15.3. The second kappa shape index (κ2) is 7.64. The van der Waals surface area contributed by atoms with Gasteiger partial charge in [-0.3, -0.25) is 4.79 Å². The Hall–Kier alpha value is -1.08. The van der Waals surface area contributed by atoms with Crippen LogP contribution in [-0.2, 0) is 4.79 Å². The van der Waals surface area contributed by atoms with Crippen LogP contribution in [0.15, 0.2) is 9.64 Å². The van der Waals surface area contributed by atoms with Crippen LogP contribution in [0.4, 0.5) is 0 Å². The topological polar surface area (TPSA) is 72.5 Å². The fourth-order valence-electron chi connectivity index (χ4n) is 1.85. The highest BCUT2D eigenvalue weighted by molar-refractivity contribution is 8.00. The van der Waals surface area contributed by atoms with E-state index in [0.29, 0.717) is 11.1 Å². The molecular formula is C13H25N4O2S+. The number of nitrogens with one attached hydrogen (secondary N) is 2. The van der Waals surface area contributed by atoms with Crippen LogP contribution in [0.25, 0.3) is 0 Å². The summed E-state index contributed by atoms with van der Waals surface area (Å²) in [7, 11) is 4.12. The summed E-state index contributed by atoms with van der Waals surface area (Å²) in [5.74, 6) is 0.612. The zero-order valence-electron chi connectivity index (χ0n) is 13.1. The summed E-state index contributed by atoms with van der Waals surface area (Å²) < 4.78 is 5.66. The summed E-state index contributed by atoms with van der Waals surface area (Å²) in [4.78, 5) is 13.1. The molecule has 0 spiro atoms. The predicted octanol–water partition coefficient (Wildman–Crippen LogP) is 0.670. The van der Waals surface area contributed by atoms with Crippen molar-refractivity contribution >= 4 is 17.7 Å². The number of aromatic nitrogens is 2. The van der Waals surface area contributed by atoms with E-state index < -0.39 is 0 Å². The molecule has 0 fully saturated rings. The molecule has 0 aromatic carbocycles. The van der Waals surface area contributed by atoms with Crippen molar-refractivity contribution in [1.82, 2.24) is 15.5 Å². The quantitative estimate of drug-likeness (QED) is 0.724. The molecule has 0 radical (unpaired) electrons. The van der Waals surface area contributed by atoms with Crippen LogP contribution in [0, 0.1) is 0 Å². The van der Waals surface area contributed by atoms with Crippen LogP contribution in [0.5, 0.6) is 0 Å². The number of hydrogen-bond acceptors (Lipinski definition) is 5. The fraction of sp³-hybridized carbons (Fsp3) is 0.769. The summed E-state index contributed by atoms with van der Waals surface area (Å²) >= 11 is 1.29. The molecule has 1 aromatic heterocycles. The molecule has 114 valence electrons. The van der Waals surface area contributed by atoms with Gasteiger partial charge in [-0.05, 0) is 20.8 Å². The maximum atomic E-state index is 11.8. The van der Waals surface area contributed by atoms with Crippen LogP contribution in [0.1, 0.15) is 46.0 Å². The van der Waals surface area contributed by atoms with Gasteiger partial charge < -0.3 is 14.6 Å². The van der Waals surface area contributed by atoms with E-state index in [1.807, 2.05) is 20.8 Å². The van der Waals surface area contributed by atoms with E-state index >= 15 is 0 Å². The van der Waals surface area contributed by atoms with Crippen molar-refractivity contribution < 1.29 is 14.1 Å². The number of carbonyl (C=O) groups excluding carboxylic acids is 1. The minimum absolute atomic E-state index is 0.0185. The Balaban J connectivity index is 2.66. The minimum atomic E-state index is -0.252. The van der Waals surface area contributed by atoms with Crippen molar-refractivity contribution in [1.29, 1.82) is 0 Å². The molecule has 0 bridgehead atoms. The lowest BCUT2D eigenvalue weighted by Gasteiger charge is -2.15. The van der Waals surface area contributed by atoms with E-state index in [-0.39, 0.29) is 23.2 Å². The number of rotatable bonds is 7. The van der Waals surface area contributed by atoms with Gasteiger partial charge in [-0.1, -0.05) is 18.7 Å². The Morgan fingerprint density at radius 2 is 2.00 bits per heavy atom. The molecule has 1 heterocycles. The fourth-order valence-corrected chi connectivity index (χ4v) is 2.54. The Morgan fingerprint density at radius 1 is 1.35 bits per heavy atom. The lowest BCUT2D eigenvalue weighted by Crippen LogP contribution is -3.06. The van der Waals surface area contributed by atoms with E-state index in [9.17, 15) is 4.79 Å². The zero-order valence-corrected chi connectivity index (χ0v) is 13.9. The second-order valence-electron chi connectivity index (χ2n) is 5.37. The third-order valence-electron chi connectivity index (χ3n) is 2.90. The van der Waals surface area contributed by atoms with Crippen LogP contribution < -0.4 is 10.2 Å². The molecule has 0 aliphatic heterocycles. The van der Waals surface area contributed by atoms with Gasteiger partial charge >= 0.3 is 0 Å². The SMILES string of the molecule is CC[C@H](c1nnc(S[C@@H](C)C(=O)NC(C)C)o1)[NH+](C)C. The Morgan fingerprint density at radius 3 is 2.50 bits per heavy atom. The largest absolute Gasteiger partial charge is 0.410 e. The lowest BCUT2D eigenvalue weighted by molar-refractivity contribution is -0.894. The molecule has 0 saturated heterocycles. The average Bonchev–Trinajstić information content (AvgIpc) is 2.76. The molecule has 1 rings (SSSR count). The van der Waals surface area contributed by atoms with Crippen LogP contribution in [0.2, 0.25) is 0 Å². The summed E-state index contributed by atoms with van der Waals surface area (Å²) in [6.45, 7) is 7.80. The maximum absolute atomic E-state index is 11.8. The van der Waals surface area contributed by atoms with Crippen molar-refractivity contribution in [3.8, 4) is 0 Å².